The molecule has 1 aliphatic rings. The molecule has 1 unspecified atom stereocenters. The van der Waals surface area contributed by atoms with Crippen LogP contribution in [-0.2, 0) is 22.6 Å². The highest BCUT2D eigenvalue weighted by Gasteiger charge is 2.25. The summed E-state index contributed by atoms with van der Waals surface area (Å²) < 4.78 is 6.42. The van der Waals surface area contributed by atoms with Crippen LogP contribution in [0.25, 0.3) is 0 Å². The molecule has 0 saturated carbocycles. The van der Waals surface area contributed by atoms with Gasteiger partial charge in [-0.2, -0.15) is 0 Å². The molecule has 4 heteroatoms. The Morgan fingerprint density at radius 3 is 2.81 bits per heavy atom. The van der Waals surface area contributed by atoms with Gasteiger partial charge in [0.25, 0.3) is 0 Å². The van der Waals surface area contributed by atoms with Crippen molar-refractivity contribution in [3.8, 4) is 0 Å². The SMILES string of the molecule is O=C(OCc1ccccc1Br)C1CNc2ccccc2C1. The molecule has 0 aliphatic carbocycles. The molecule has 2 aromatic rings. The number of hydrogen-bond donors (Lipinski definition) is 1. The predicted octanol–water partition coefficient (Wildman–Crippen LogP) is 3.78. The number of ether oxygens (including phenoxy) is 1. The summed E-state index contributed by atoms with van der Waals surface area (Å²) in [6, 6.07) is 15.9. The fourth-order valence-electron chi connectivity index (χ4n) is 2.49. The largest absolute Gasteiger partial charge is 0.460 e. The summed E-state index contributed by atoms with van der Waals surface area (Å²) in [5.41, 5.74) is 3.27. The van der Waals surface area contributed by atoms with Gasteiger partial charge < -0.3 is 10.1 Å². The molecule has 0 bridgehead atoms. The topological polar surface area (TPSA) is 38.3 Å². The van der Waals surface area contributed by atoms with Crippen LogP contribution in [0.2, 0.25) is 0 Å². The molecule has 1 N–H and O–H groups in total. The first-order chi connectivity index (χ1) is 10.2. The van der Waals surface area contributed by atoms with E-state index in [4.69, 9.17) is 4.74 Å². The second-order valence-corrected chi connectivity index (χ2v) is 5.99. The van der Waals surface area contributed by atoms with Crippen molar-refractivity contribution in [3.63, 3.8) is 0 Å². The van der Waals surface area contributed by atoms with Crippen molar-refractivity contribution in [2.45, 2.75) is 13.0 Å². The number of hydrogen-bond acceptors (Lipinski definition) is 3. The molecular weight excluding hydrogens is 330 g/mol. The lowest BCUT2D eigenvalue weighted by Crippen LogP contribution is -2.31. The van der Waals surface area contributed by atoms with Crippen molar-refractivity contribution in [2.75, 3.05) is 11.9 Å². The Kier molecular flexibility index (Phi) is 4.25. The zero-order valence-electron chi connectivity index (χ0n) is 11.5. The van der Waals surface area contributed by atoms with E-state index in [2.05, 4.69) is 27.3 Å². The fourth-order valence-corrected chi connectivity index (χ4v) is 2.89. The van der Waals surface area contributed by atoms with Crippen molar-refractivity contribution in [2.24, 2.45) is 5.92 Å². The third-order valence-electron chi connectivity index (χ3n) is 3.68. The third kappa shape index (κ3) is 3.27. The molecule has 1 atom stereocenters. The lowest BCUT2D eigenvalue weighted by molar-refractivity contribution is -0.149. The molecule has 0 fully saturated rings. The third-order valence-corrected chi connectivity index (χ3v) is 4.46. The Morgan fingerprint density at radius 2 is 1.95 bits per heavy atom. The Bertz CT molecular complexity index is 657. The van der Waals surface area contributed by atoms with E-state index in [-0.39, 0.29) is 11.9 Å². The van der Waals surface area contributed by atoms with Crippen molar-refractivity contribution >= 4 is 27.6 Å². The maximum Gasteiger partial charge on any atom is 0.311 e. The highest BCUT2D eigenvalue weighted by atomic mass is 79.9. The summed E-state index contributed by atoms with van der Waals surface area (Å²) in [4.78, 5) is 12.2. The number of halogens is 1. The minimum Gasteiger partial charge on any atom is -0.460 e. The van der Waals surface area contributed by atoms with E-state index in [9.17, 15) is 4.79 Å². The van der Waals surface area contributed by atoms with Crippen molar-refractivity contribution < 1.29 is 9.53 Å². The normalized spacial score (nSPS) is 16.7. The minimum absolute atomic E-state index is 0.123. The summed E-state index contributed by atoms with van der Waals surface area (Å²) in [5, 5.41) is 3.29. The molecule has 0 amide bonds. The minimum atomic E-state index is -0.146. The van der Waals surface area contributed by atoms with Gasteiger partial charge in [0.15, 0.2) is 0 Å². The van der Waals surface area contributed by atoms with Crippen molar-refractivity contribution in [1.29, 1.82) is 0 Å². The van der Waals surface area contributed by atoms with E-state index in [1.165, 1.54) is 5.56 Å². The Balaban J connectivity index is 1.61. The first kappa shape index (κ1) is 14.1. The molecule has 0 spiro atoms. The quantitative estimate of drug-likeness (QED) is 0.860. The lowest BCUT2D eigenvalue weighted by atomic mass is 9.94. The van der Waals surface area contributed by atoms with Gasteiger partial charge in [0.1, 0.15) is 6.61 Å². The van der Waals surface area contributed by atoms with Gasteiger partial charge in [-0.1, -0.05) is 52.3 Å². The van der Waals surface area contributed by atoms with Crippen LogP contribution in [0.4, 0.5) is 5.69 Å². The number of benzene rings is 2. The van der Waals surface area contributed by atoms with Gasteiger partial charge in [0.2, 0.25) is 0 Å². The maximum atomic E-state index is 12.2. The number of para-hydroxylation sites is 1. The summed E-state index contributed by atoms with van der Waals surface area (Å²) in [6.07, 6.45) is 0.734. The Morgan fingerprint density at radius 1 is 1.19 bits per heavy atom. The second kappa shape index (κ2) is 6.31. The number of anilines is 1. The molecule has 2 aromatic carbocycles. The van der Waals surface area contributed by atoms with E-state index in [1.54, 1.807) is 0 Å². The van der Waals surface area contributed by atoms with Crippen LogP contribution in [0.3, 0.4) is 0 Å². The van der Waals surface area contributed by atoms with Gasteiger partial charge in [0, 0.05) is 22.3 Å². The highest BCUT2D eigenvalue weighted by Crippen LogP contribution is 2.25. The van der Waals surface area contributed by atoms with Crippen LogP contribution >= 0.6 is 15.9 Å². The predicted molar refractivity (Wildman–Crippen MR) is 86.1 cm³/mol. The molecule has 108 valence electrons. The number of fused-ring (bicyclic) bond motifs is 1. The molecule has 21 heavy (non-hydrogen) atoms. The number of rotatable bonds is 3. The number of esters is 1. The lowest BCUT2D eigenvalue weighted by Gasteiger charge is -2.24. The van der Waals surface area contributed by atoms with E-state index in [0.717, 1.165) is 22.1 Å². The van der Waals surface area contributed by atoms with Gasteiger partial charge in [-0.25, -0.2) is 0 Å². The number of carbonyl (C=O) groups is 1. The first-order valence-corrected chi connectivity index (χ1v) is 7.75. The Hall–Kier alpha value is -1.81. The molecule has 1 aliphatic heterocycles. The highest BCUT2D eigenvalue weighted by molar-refractivity contribution is 9.10. The number of carbonyl (C=O) groups excluding carboxylic acids is 1. The average molecular weight is 346 g/mol. The standard InChI is InChI=1S/C17H16BrNO2/c18-15-7-3-1-6-13(15)11-21-17(20)14-9-12-5-2-4-8-16(12)19-10-14/h1-8,14,19H,9-11H2. The maximum absolute atomic E-state index is 12.2. The van der Waals surface area contributed by atoms with Crippen molar-refractivity contribution in [1.82, 2.24) is 0 Å². The molecule has 1 heterocycles. The van der Waals surface area contributed by atoms with Crippen LogP contribution < -0.4 is 5.32 Å². The molecule has 3 rings (SSSR count). The number of nitrogens with one attached hydrogen (secondary N) is 1. The van der Waals surface area contributed by atoms with Gasteiger partial charge in [-0.3, -0.25) is 4.79 Å². The summed E-state index contributed by atoms with van der Waals surface area (Å²) >= 11 is 3.46. The summed E-state index contributed by atoms with van der Waals surface area (Å²) in [7, 11) is 0. The van der Waals surface area contributed by atoms with E-state index >= 15 is 0 Å². The van der Waals surface area contributed by atoms with Gasteiger partial charge >= 0.3 is 5.97 Å². The average Bonchev–Trinajstić information content (AvgIpc) is 2.53. The van der Waals surface area contributed by atoms with Gasteiger partial charge in [-0.05, 0) is 24.1 Å². The van der Waals surface area contributed by atoms with Crippen LogP contribution in [-0.4, -0.2) is 12.5 Å². The van der Waals surface area contributed by atoms with Crippen LogP contribution in [0.15, 0.2) is 53.0 Å². The van der Waals surface area contributed by atoms with Crippen LogP contribution in [0, 0.1) is 5.92 Å². The van der Waals surface area contributed by atoms with E-state index in [1.807, 2.05) is 42.5 Å². The van der Waals surface area contributed by atoms with Crippen LogP contribution in [0.1, 0.15) is 11.1 Å². The monoisotopic (exact) mass is 345 g/mol. The molecule has 0 saturated heterocycles. The smallest absolute Gasteiger partial charge is 0.311 e. The molecule has 3 nitrogen and oxygen atoms in total. The second-order valence-electron chi connectivity index (χ2n) is 5.14. The summed E-state index contributed by atoms with van der Waals surface area (Å²) in [6.45, 7) is 0.935. The molecular formula is C17H16BrNO2. The van der Waals surface area contributed by atoms with Crippen molar-refractivity contribution in [3.05, 3.63) is 64.1 Å². The Labute approximate surface area is 132 Å². The van der Waals surface area contributed by atoms with Gasteiger partial charge in [0.05, 0.1) is 5.92 Å². The zero-order valence-corrected chi connectivity index (χ0v) is 13.1. The van der Waals surface area contributed by atoms with Crippen LogP contribution in [0.5, 0.6) is 0 Å². The van der Waals surface area contributed by atoms with E-state index in [0.29, 0.717) is 13.2 Å². The molecule has 0 aromatic heterocycles. The van der Waals surface area contributed by atoms with Gasteiger partial charge in [-0.15, -0.1) is 0 Å². The fraction of sp³-hybridized carbons (Fsp3) is 0.235. The first-order valence-electron chi connectivity index (χ1n) is 6.96. The van der Waals surface area contributed by atoms with E-state index < -0.39 is 0 Å². The zero-order chi connectivity index (χ0) is 14.7. The summed E-state index contributed by atoms with van der Waals surface area (Å²) in [5.74, 6) is -0.268. The molecule has 0 radical (unpaired) electrons.